The highest BCUT2D eigenvalue weighted by atomic mass is 16.2. The van der Waals surface area contributed by atoms with Crippen LogP contribution in [0.5, 0.6) is 0 Å². The highest BCUT2D eigenvalue weighted by molar-refractivity contribution is 6.40. The van der Waals surface area contributed by atoms with E-state index < -0.39 is 11.8 Å². The Kier molecular flexibility index (Phi) is 5.25. The van der Waals surface area contributed by atoms with Crippen LogP contribution in [0.15, 0.2) is 47.6 Å². The zero-order valence-electron chi connectivity index (χ0n) is 12.7. The monoisotopic (exact) mass is 297 g/mol. The van der Waals surface area contributed by atoms with Crippen molar-refractivity contribution < 1.29 is 9.59 Å². The van der Waals surface area contributed by atoms with Gasteiger partial charge in [0, 0.05) is 16.8 Å². The Hall–Kier alpha value is -2.69. The van der Waals surface area contributed by atoms with Gasteiger partial charge in [-0.05, 0) is 24.3 Å². The standard InChI is InChI=1S/C17H19N3O2/c1-3-13(4-2)19-20-17(22)16(21)18-15-11-7-9-12-8-5-6-10-14(12)15/h5-11H,3-4H2,1-2H3,(H,18,21)(H,20,22). The maximum atomic E-state index is 12.0. The van der Waals surface area contributed by atoms with Crippen molar-refractivity contribution >= 4 is 34.0 Å². The Morgan fingerprint density at radius 1 is 0.955 bits per heavy atom. The molecule has 0 unspecified atom stereocenters. The SMILES string of the molecule is CCC(CC)=NNC(=O)C(=O)Nc1cccc2ccccc12. The number of nitrogens with one attached hydrogen (secondary N) is 2. The summed E-state index contributed by atoms with van der Waals surface area (Å²) in [6, 6.07) is 13.2. The number of hydrazone groups is 1. The molecule has 22 heavy (non-hydrogen) atoms. The van der Waals surface area contributed by atoms with Gasteiger partial charge in [-0.15, -0.1) is 0 Å². The van der Waals surface area contributed by atoms with Crippen LogP contribution in [0.4, 0.5) is 5.69 Å². The summed E-state index contributed by atoms with van der Waals surface area (Å²) in [7, 11) is 0. The predicted octanol–water partition coefficient (Wildman–Crippen LogP) is 3.07. The summed E-state index contributed by atoms with van der Waals surface area (Å²) in [5.74, 6) is -1.50. The minimum Gasteiger partial charge on any atom is -0.317 e. The highest BCUT2D eigenvalue weighted by Gasteiger charge is 2.14. The zero-order chi connectivity index (χ0) is 15.9. The van der Waals surface area contributed by atoms with Crippen LogP contribution in [0.2, 0.25) is 0 Å². The first-order valence-electron chi connectivity index (χ1n) is 7.30. The van der Waals surface area contributed by atoms with Gasteiger partial charge in [0.15, 0.2) is 0 Å². The van der Waals surface area contributed by atoms with Gasteiger partial charge < -0.3 is 5.32 Å². The lowest BCUT2D eigenvalue weighted by Crippen LogP contribution is -2.33. The Morgan fingerprint density at radius 3 is 2.36 bits per heavy atom. The van der Waals surface area contributed by atoms with Gasteiger partial charge in [0.25, 0.3) is 0 Å². The van der Waals surface area contributed by atoms with Crippen molar-refractivity contribution in [2.75, 3.05) is 5.32 Å². The van der Waals surface area contributed by atoms with Crippen LogP contribution >= 0.6 is 0 Å². The molecule has 0 aliphatic carbocycles. The summed E-state index contributed by atoms with van der Waals surface area (Å²) >= 11 is 0. The van der Waals surface area contributed by atoms with Gasteiger partial charge in [0.05, 0.1) is 0 Å². The lowest BCUT2D eigenvalue weighted by molar-refractivity contribution is -0.136. The Balaban J connectivity index is 2.11. The third-order valence-corrected chi connectivity index (χ3v) is 3.38. The first kappa shape index (κ1) is 15.7. The molecule has 2 aromatic carbocycles. The Labute approximate surface area is 129 Å². The number of benzene rings is 2. The molecule has 0 atom stereocenters. The van der Waals surface area contributed by atoms with Gasteiger partial charge in [-0.3, -0.25) is 9.59 Å². The summed E-state index contributed by atoms with van der Waals surface area (Å²) in [6.45, 7) is 3.90. The van der Waals surface area contributed by atoms with Crippen molar-refractivity contribution in [1.82, 2.24) is 5.43 Å². The maximum absolute atomic E-state index is 12.0. The number of nitrogens with zero attached hydrogens (tertiary/aromatic N) is 1. The van der Waals surface area contributed by atoms with Gasteiger partial charge >= 0.3 is 11.8 Å². The molecule has 0 radical (unpaired) electrons. The molecule has 5 heteroatoms. The normalized spacial score (nSPS) is 10.1. The van der Waals surface area contributed by atoms with E-state index in [9.17, 15) is 9.59 Å². The summed E-state index contributed by atoms with van der Waals surface area (Å²) in [4.78, 5) is 23.7. The summed E-state index contributed by atoms with van der Waals surface area (Å²) in [5, 5.41) is 8.45. The second kappa shape index (κ2) is 7.36. The minimum atomic E-state index is -0.771. The molecule has 2 rings (SSSR count). The molecule has 2 amide bonds. The van der Waals surface area contributed by atoms with Crippen LogP contribution in [0.1, 0.15) is 26.7 Å². The lowest BCUT2D eigenvalue weighted by atomic mass is 10.1. The largest absolute Gasteiger partial charge is 0.329 e. The first-order valence-corrected chi connectivity index (χ1v) is 7.30. The third-order valence-electron chi connectivity index (χ3n) is 3.38. The minimum absolute atomic E-state index is 0.605. The van der Waals surface area contributed by atoms with Crippen molar-refractivity contribution in [1.29, 1.82) is 0 Å². The van der Waals surface area contributed by atoms with E-state index in [1.807, 2.05) is 50.2 Å². The average molecular weight is 297 g/mol. The Bertz CT molecular complexity index is 711. The summed E-state index contributed by atoms with van der Waals surface area (Å²) < 4.78 is 0. The number of hydrogen-bond acceptors (Lipinski definition) is 3. The topological polar surface area (TPSA) is 70.6 Å². The molecule has 0 spiro atoms. The number of carbonyl (C=O) groups is 2. The van der Waals surface area contributed by atoms with Crippen LogP contribution in [-0.4, -0.2) is 17.5 Å². The molecule has 0 aliphatic rings. The van der Waals surface area contributed by atoms with Gasteiger partial charge in [-0.2, -0.15) is 5.10 Å². The Morgan fingerprint density at radius 2 is 1.64 bits per heavy atom. The van der Waals surface area contributed by atoms with Crippen molar-refractivity contribution in [3.63, 3.8) is 0 Å². The second-order valence-corrected chi connectivity index (χ2v) is 4.81. The second-order valence-electron chi connectivity index (χ2n) is 4.81. The van der Waals surface area contributed by atoms with Crippen molar-refractivity contribution in [2.24, 2.45) is 5.10 Å². The summed E-state index contributed by atoms with van der Waals surface area (Å²) in [6.07, 6.45) is 1.48. The molecular formula is C17H19N3O2. The molecular weight excluding hydrogens is 278 g/mol. The molecule has 0 heterocycles. The maximum Gasteiger partial charge on any atom is 0.329 e. The van der Waals surface area contributed by atoms with E-state index in [2.05, 4.69) is 15.8 Å². The number of anilines is 1. The highest BCUT2D eigenvalue weighted by Crippen LogP contribution is 2.22. The number of rotatable bonds is 4. The van der Waals surface area contributed by atoms with Crippen molar-refractivity contribution in [3.8, 4) is 0 Å². The molecule has 0 bridgehead atoms. The van der Waals surface area contributed by atoms with E-state index in [4.69, 9.17) is 0 Å². The van der Waals surface area contributed by atoms with Gasteiger partial charge in [-0.25, -0.2) is 5.43 Å². The van der Waals surface area contributed by atoms with Gasteiger partial charge in [-0.1, -0.05) is 50.2 Å². The van der Waals surface area contributed by atoms with Crippen LogP contribution in [0.3, 0.4) is 0 Å². The van der Waals surface area contributed by atoms with E-state index in [-0.39, 0.29) is 0 Å². The molecule has 2 aromatic rings. The van der Waals surface area contributed by atoms with Crippen LogP contribution in [-0.2, 0) is 9.59 Å². The van der Waals surface area contributed by atoms with E-state index in [1.165, 1.54) is 0 Å². The fraction of sp³-hybridized carbons (Fsp3) is 0.235. The average Bonchev–Trinajstić information content (AvgIpc) is 2.56. The molecule has 0 fully saturated rings. The lowest BCUT2D eigenvalue weighted by Gasteiger charge is -2.08. The molecule has 5 nitrogen and oxygen atoms in total. The predicted molar refractivity (Wildman–Crippen MR) is 88.7 cm³/mol. The molecule has 0 aromatic heterocycles. The van der Waals surface area contributed by atoms with E-state index in [0.717, 1.165) is 29.3 Å². The van der Waals surface area contributed by atoms with Crippen molar-refractivity contribution in [2.45, 2.75) is 26.7 Å². The van der Waals surface area contributed by atoms with Crippen LogP contribution < -0.4 is 10.7 Å². The van der Waals surface area contributed by atoms with E-state index in [1.54, 1.807) is 6.07 Å². The van der Waals surface area contributed by atoms with E-state index >= 15 is 0 Å². The molecule has 0 aliphatic heterocycles. The zero-order valence-corrected chi connectivity index (χ0v) is 12.7. The van der Waals surface area contributed by atoms with E-state index in [0.29, 0.717) is 5.69 Å². The fourth-order valence-corrected chi connectivity index (χ4v) is 2.10. The summed E-state index contributed by atoms with van der Waals surface area (Å²) in [5.41, 5.74) is 3.73. The van der Waals surface area contributed by atoms with Crippen molar-refractivity contribution in [3.05, 3.63) is 42.5 Å². The van der Waals surface area contributed by atoms with Gasteiger partial charge in [0.2, 0.25) is 0 Å². The number of amides is 2. The number of fused-ring (bicyclic) bond motifs is 1. The number of carbonyl (C=O) groups excluding carboxylic acids is 2. The number of hydrogen-bond donors (Lipinski definition) is 2. The molecule has 114 valence electrons. The van der Waals surface area contributed by atoms with Gasteiger partial charge in [0.1, 0.15) is 0 Å². The third kappa shape index (κ3) is 3.69. The molecule has 2 N–H and O–H groups in total. The first-order chi connectivity index (χ1) is 10.7. The quantitative estimate of drug-likeness (QED) is 0.517. The molecule has 0 saturated carbocycles. The van der Waals surface area contributed by atoms with Crippen LogP contribution in [0, 0.1) is 0 Å². The molecule has 0 saturated heterocycles. The fourth-order valence-electron chi connectivity index (χ4n) is 2.10. The smallest absolute Gasteiger partial charge is 0.317 e. The van der Waals surface area contributed by atoms with Crippen LogP contribution in [0.25, 0.3) is 10.8 Å².